The minimum absolute atomic E-state index is 0.0344. The Kier molecular flexibility index (Phi) is 1.47. The van der Waals surface area contributed by atoms with Gasteiger partial charge in [0, 0.05) is 0 Å². The second kappa shape index (κ2) is 1.95. The summed E-state index contributed by atoms with van der Waals surface area (Å²) in [7, 11) is 0. The normalized spacial score (nSPS) is 33.0. The topological polar surface area (TPSA) is 49.3 Å². The van der Waals surface area contributed by atoms with Gasteiger partial charge in [-0.2, -0.15) is 0 Å². The highest BCUT2D eigenvalue weighted by atomic mass is 16.3. The van der Waals surface area contributed by atoms with Crippen LogP contribution in [0.1, 0.15) is 20.8 Å². The van der Waals surface area contributed by atoms with E-state index in [1.54, 1.807) is 0 Å². The Morgan fingerprint density at radius 1 is 1.50 bits per heavy atom. The smallest absolute Gasteiger partial charge is 0.251 e. The minimum Gasteiger partial charge on any atom is -0.381 e. The molecule has 3 heteroatoms. The molecule has 0 spiro atoms. The van der Waals surface area contributed by atoms with Crippen LogP contribution in [0.5, 0.6) is 0 Å². The first-order valence-electron chi connectivity index (χ1n) is 3.41. The van der Waals surface area contributed by atoms with Crippen molar-refractivity contribution in [2.75, 3.05) is 0 Å². The van der Waals surface area contributed by atoms with Gasteiger partial charge >= 0.3 is 0 Å². The van der Waals surface area contributed by atoms with E-state index < -0.39 is 6.10 Å². The summed E-state index contributed by atoms with van der Waals surface area (Å²) in [6.07, 6.45) is -0.792. The third-order valence-corrected chi connectivity index (χ3v) is 1.82. The molecule has 1 aliphatic rings. The minimum atomic E-state index is -0.792. The number of carbonyl (C=O) groups excluding carboxylic acids is 1. The van der Waals surface area contributed by atoms with Crippen molar-refractivity contribution in [3.05, 3.63) is 0 Å². The second-order valence-electron chi connectivity index (χ2n) is 3.80. The van der Waals surface area contributed by atoms with Crippen LogP contribution in [0.3, 0.4) is 0 Å². The van der Waals surface area contributed by atoms with Gasteiger partial charge in [0.25, 0.3) is 5.91 Å². The lowest BCUT2D eigenvalue weighted by molar-refractivity contribution is -0.147. The highest BCUT2D eigenvalue weighted by Gasteiger charge is 2.44. The molecule has 1 rings (SSSR count). The summed E-state index contributed by atoms with van der Waals surface area (Å²) in [6.45, 7) is 5.96. The van der Waals surface area contributed by atoms with Crippen LogP contribution in [-0.4, -0.2) is 23.2 Å². The standard InChI is InChI=1S/C7H13NO2/c1-7(2,3)5-4(9)6(10)8-5/h4-5,9H,1-3H3,(H,8,10). The van der Waals surface area contributed by atoms with Gasteiger partial charge in [-0.3, -0.25) is 4.79 Å². The van der Waals surface area contributed by atoms with E-state index in [2.05, 4.69) is 5.32 Å². The molecule has 1 heterocycles. The number of rotatable bonds is 0. The summed E-state index contributed by atoms with van der Waals surface area (Å²) in [5.41, 5.74) is -0.0344. The summed E-state index contributed by atoms with van der Waals surface area (Å²) in [4.78, 5) is 10.5. The Labute approximate surface area is 60.4 Å². The van der Waals surface area contributed by atoms with Crippen molar-refractivity contribution in [3.8, 4) is 0 Å². The van der Waals surface area contributed by atoms with Crippen LogP contribution >= 0.6 is 0 Å². The zero-order valence-corrected chi connectivity index (χ0v) is 6.51. The zero-order chi connectivity index (χ0) is 7.94. The van der Waals surface area contributed by atoms with Crippen molar-refractivity contribution in [3.63, 3.8) is 0 Å². The summed E-state index contributed by atoms with van der Waals surface area (Å²) < 4.78 is 0. The summed E-state index contributed by atoms with van der Waals surface area (Å²) in [6, 6.07) is -0.0694. The van der Waals surface area contributed by atoms with Crippen LogP contribution in [0.2, 0.25) is 0 Å². The maximum Gasteiger partial charge on any atom is 0.251 e. The van der Waals surface area contributed by atoms with Crippen LogP contribution in [0.4, 0.5) is 0 Å². The van der Waals surface area contributed by atoms with Crippen molar-refractivity contribution >= 4 is 5.91 Å². The third-order valence-electron chi connectivity index (χ3n) is 1.82. The number of hydrogen-bond acceptors (Lipinski definition) is 2. The molecule has 1 amide bonds. The van der Waals surface area contributed by atoms with Crippen LogP contribution in [-0.2, 0) is 4.79 Å². The van der Waals surface area contributed by atoms with E-state index >= 15 is 0 Å². The summed E-state index contributed by atoms with van der Waals surface area (Å²) >= 11 is 0. The van der Waals surface area contributed by atoms with Gasteiger partial charge in [-0.05, 0) is 5.41 Å². The van der Waals surface area contributed by atoms with Crippen LogP contribution in [0, 0.1) is 5.41 Å². The van der Waals surface area contributed by atoms with Gasteiger partial charge in [-0.25, -0.2) is 0 Å². The van der Waals surface area contributed by atoms with Gasteiger partial charge in [0.1, 0.15) is 0 Å². The molecule has 1 aliphatic heterocycles. The van der Waals surface area contributed by atoms with Crippen LogP contribution in [0.25, 0.3) is 0 Å². The number of nitrogens with one attached hydrogen (secondary N) is 1. The SMILES string of the molecule is CC(C)(C)C1NC(=O)C1O. The lowest BCUT2D eigenvalue weighted by atomic mass is 9.79. The fourth-order valence-electron chi connectivity index (χ4n) is 1.06. The molecule has 2 unspecified atom stereocenters. The first kappa shape index (κ1) is 7.54. The van der Waals surface area contributed by atoms with Gasteiger partial charge in [0.15, 0.2) is 6.10 Å². The molecule has 0 bridgehead atoms. The first-order valence-corrected chi connectivity index (χ1v) is 3.41. The first-order chi connectivity index (χ1) is 4.43. The highest BCUT2D eigenvalue weighted by molar-refractivity contribution is 5.88. The maximum absolute atomic E-state index is 10.5. The molecular weight excluding hydrogens is 130 g/mol. The molecule has 0 radical (unpaired) electrons. The maximum atomic E-state index is 10.5. The number of aliphatic hydroxyl groups excluding tert-OH is 1. The summed E-state index contributed by atoms with van der Waals surface area (Å²) in [5.74, 6) is -0.250. The fraction of sp³-hybridized carbons (Fsp3) is 0.857. The average Bonchev–Trinajstić information content (AvgIpc) is 1.79. The van der Waals surface area contributed by atoms with Crippen LogP contribution in [0.15, 0.2) is 0 Å². The van der Waals surface area contributed by atoms with E-state index in [-0.39, 0.29) is 17.4 Å². The molecule has 0 aromatic carbocycles. The zero-order valence-electron chi connectivity index (χ0n) is 6.51. The van der Waals surface area contributed by atoms with E-state index in [9.17, 15) is 4.79 Å². The molecule has 2 N–H and O–H groups in total. The second-order valence-corrected chi connectivity index (χ2v) is 3.80. The number of amides is 1. The average molecular weight is 143 g/mol. The molecule has 58 valence electrons. The number of aliphatic hydroxyl groups is 1. The van der Waals surface area contributed by atoms with E-state index in [0.717, 1.165) is 0 Å². The Bertz CT molecular complexity index is 159. The van der Waals surface area contributed by atoms with Crippen molar-refractivity contribution < 1.29 is 9.90 Å². The quantitative estimate of drug-likeness (QED) is 0.465. The largest absolute Gasteiger partial charge is 0.381 e. The Balaban J connectivity index is 2.56. The lowest BCUT2D eigenvalue weighted by Crippen LogP contribution is -2.67. The predicted molar refractivity (Wildman–Crippen MR) is 37.4 cm³/mol. The number of hydrogen-bond donors (Lipinski definition) is 2. The van der Waals surface area contributed by atoms with E-state index in [0.29, 0.717) is 0 Å². The Hall–Kier alpha value is -0.570. The van der Waals surface area contributed by atoms with Gasteiger partial charge in [-0.15, -0.1) is 0 Å². The number of β-lactam (4-membered cyclic amide) rings is 1. The Morgan fingerprint density at radius 2 is 2.00 bits per heavy atom. The molecule has 0 aromatic heterocycles. The van der Waals surface area contributed by atoms with Gasteiger partial charge in [0.2, 0.25) is 0 Å². The molecule has 0 aliphatic carbocycles. The van der Waals surface area contributed by atoms with Crippen molar-refractivity contribution in [1.29, 1.82) is 0 Å². The number of carbonyl (C=O) groups is 1. The van der Waals surface area contributed by atoms with Crippen molar-refractivity contribution in [2.45, 2.75) is 32.9 Å². The molecule has 1 fully saturated rings. The molecular formula is C7H13NO2. The van der Waals surface area contributed by atoms with Gasteiger partial charge in [0.05, 0.1) is 6.04 Å². The Morgan fingerprint density at radius 3 is 2.10 bits per heavy atom. The molecule has 3 nitrogen and oxygen atoms in total. The van der Waals surface area contributed by atoms with E-state index in [1.807, 2.05) is 20.8 Å². The summed E-state index contributed by atoms with van der Waals surface area (Å²) in [5, 5.41) is 11.7. The highest BCUT2D eigenvalue weighted by Crippen LogP contribution is 2.26. The third kappa shape index (κ3) is 1.01. The lowest BCUT2D eigenvalue weighted by Gasteiger charge is -2.41. The molecule has 0 aromatic rings. The van der Waals surface area contributed by atoms with Crippen molar-refractivity contribution in [1.82, 2.24) is 5.32 Å². The van der Waals surface area contributed by atoms with E-state index in [1.165, 1.54) is 0 Å². The van der Waals surface area contributed by atoms with Gasteiger partial charge < -0.3 is 10.4 Å². The van der Waals surface area contributed by atoms with Gasteiger partial charge in [-0.1, -0.05) is 20.8 Å². The van der Waals surface area contributed by atoms with Crippen LogP contribution < -0.4 is 5.32 Å². The van der Waals surface area contributed by atoms with E-state index in [4.69, 9.17) is 5.11 Å². The monoisotopic (exact) mass is 143 g/mol. The predicted octanol–water partition coefficient (Wildman–Crippen LogP) is -0.108. The molecule has 1 saturated heterocycles. The van der Waals surface area contributed by atoms with Crippen molar-refractivity contribution in [2.24, 2.45) is 5.41 Å². The molecule has 0 saturated carbocycles. The molecule has 10 heavy (non-hydrogen) atoms. The fourth-order valence-corrected chi connectivity index (χ4v) is 1.06. The molecule has 2 atom stereocenters.